The van der Waals surface area contributed by atoms with Crippen molar-refractivity contribution in [3.8, 4) is 11.5 Å². The van der Waals surface area contributed by atoms with Crippen molar-refractivity contribution >= 4 is 28.7 Å². The molecule has 0 heterocycles. The molecule has 0 spiro atoms. The molecule has 0 fully saturated rings. The number of methoxy groups -OCH3 is 2. The summed E-state index contributed by atoms with van der Waals surface area (Å²) in [5.41, 5.74) is 5.41. The Morgan fingerprint density at radius 2 is 1.70 bits per heavy atom. The molecule has 0 aromatic heterocycles. The molecule has 0 saturated carbocycles. The average Bonchev–Trinajstić information content (AvgIpc) is 2.60. The van der Waals surface area contributed by atoms with E-state index < -0.39 is 0 Å². The molecule has 0 radical (unpaired) electrons. The molecule has 23 heavy (non-hydrogen) atoms. The minimum Gasteiger partial charge on any atom is -0.497 e. The summed E-state index contributed by atoms with van der Waals surface area (Å²) in [6.07, 6.45) is 0. The van der Waals surface area contributed by atoms with Gasteiger partial charge in [0.15, 0.2) is 5.11 Å². The maximum absolute atomic E-state index is 5.27. The molecular weight excluding hydrogens is 310 g/mol. The quantitative estimate of drug-likeness (QED) is 0.500. The smallest absolute Gasteiger partial charge is 0.191 e. The SMILES string of the molecule is COc1ccc(/C(C)=N\NC(=S)Nc2ccccc2OC)cc1. The lowest BCUT2D eigenvalue weighted by Crippen LogP contribution is -2.25. The lowest BCUT2D eigenvalue weighted by molar-refractivity contribution is 0.415. The van der Waals surface area contributed by atoms with Crippen LogP contribution in [0.3, 0.4) is 0 Å². The van der Waals surface area contributed by atoms with Crippen LogP contribution in [0.5, 0.6) is 11.5 Å². The molecular formula is C17H19N3O2S. The van der Waals surface area contributed by atoms with Gasteiger partial charge in [-0.25, -0.2) is 0 Å². The largest absolute Gasteiger partial charge is 0.497 e. The summed E-state index contributed by atoms with van der Waals surface area (Å²) in [6.45, 7) is 1.90. The summed E-state index contributed by atoms with van der Waals surface area (Å²) >= 11 is 5.25. The Labute approximate surface area is 141 Å². The maximum Gasteiger partial charge on any atom is 0.191 e. The van der Waals surface area contributed by atoms with Crippen LogP contribution < -0.4 is 20.2 Å². The first-order valence-electron chi connectivity index (χ1n) is 7.02. The normalized spacial score (nSPS) is 10.8. The molecule has 0 amide bonds. The zero-order valence-electron chi connectivity index (χ0n) is 13.3. The number of ether oxygens (including phenoxy) is 2. The van der Waals surface area contributed by atoms with Crippen LogP contribution in [-0.4, -0.2) is 25.0 Å². The summed E-state index contributed by atoms with van der Waals surface area (Å²) in [4.78, 5) is 0. The summed E-state index contributed by atoms with van der Waals surface area (Å²) in [6, 6.07) is 15.2. The van der Waals surface area contributed by atoms with Crippen molar-refractivity contribution in [1.29, 1.82) is 0 Å². The minimum absolute atomic E-state index is 0.391. The van der Waals surface area contributed by atoms with Crippen molar-refractivity contribution in [2.45, 2.75) is 6.92 Å². The molecule has 0 saturated heterocycles. The van der Waals surface area contributed by atoms with Crippen LogP contribution in [0.2, 0.25) is 0 Å². The lowest BCUT2D eigenvalue weighted by Gasteiger charge is -2.11. The van der Waals surface area contributed by atoms with Gasteiger partial charge in [-0.1, -0.05) is 12.1 Å². The van der Waals surface area contributed by atoms with Crippen LogP contribution in [0.1, 0.15) is 12.5 Å². The molecule has 0 aliphatic rings. The van der Waals surface area contributed by atoms with Gasteiger partial charge in [0.25, 0.3) is 0 Å². The molecule has 0 bridgehead atoms. The van der Waals surface area contributed by atoms with Crippen LogP contribution in [0.25, 0.3) is 0 Å². The van der Waals surface area contributed by atoms with Gasteiger partial charge in [0.1, 0.15) is 11.5 Å². The zero-order chi connectivity index (χ0) is 16.7. The van der Waals surface area contributed by atoms with Crippen LogP contribution in [0, 0.1) is 0 Å². The highest BCUT2D eigenvalue weighted by Gasteiger charge is 2.03. The van der Waals surface area contributed by atoms with Crippen LogP contribution in [0.15, 0.2) is 53.6 Å². The topological polar surface area (TPSA) is 54.9 Å². The molecule has 0 aliphatic carbocycles. The third-order valence-corrected chi connectivity index (χ3v) is 3.38. The van der Waals surface area contributed by atoms with Gasteiger partial charge >= 0.3 is 0 Å². The highest BCUT2D eigenvalue weighted by atomic mass is 32.1. The predicted octanol–water partition coefficient (Wildman–Crippen LogP) is 3.41. The number of rotatable bonds is 5. The van der Waals surface area contributed by atoms with E-state index in [0.717, 1.165) is 22.7 Å². The van der Waals surface area contributed by atoms with Crippen molar-refractivity contribution in [3.05, 3.63) is 54.1 Å². The molecule has 120 valence electrons. The van der Waals surface area contributed by atoms with Crippen LogP contribution in [0.4, 0.5) is 5.69 Å². The van der Waals surface area contributed by atoms with Gasteiger partial charge in [0.2, 0.25) is 0 Å². The van der Waals surface area contributed by atoms with Gasteiger partial charge in [0.05, 0.1) is 25.6 Å². The van der Waals surface area contributed by atoms with Crippen molar-refractivity contribution in [3.63, 3.8) is 0 Å². The van der Waals surface area contributed by atoms with E-state index >= 15 is 0 Å². The number of hydrogen-bond donors (Lipinski definition) is 2. The van der Waals surface area contributed by atoms with E-state index in [1.54, 1.807) is 14.2 Å². The number of nitrogens with zero attached hydrogens (tertiary/aromatic N) is 1. The second kappa shape index (κ2) is 8.14. The Morgan fingerprint density at radius 1 is 1.00 bits per heavy atom. The summed E-state index contributed by atoms with van der Waals surface area (Å²) in [7, 11) is 3.25. The van der Waals surface area contributed by atoms with Gasteiger partial charge in [0, 0.05) is 0 Å². The van der Waals surface area contributed by atoms with E-state index in [1.807, 2.05) is 55.5 Å². The Bertz CT molecular complexity index is 699. The monoisotopic (exact) mass is 329 g/mol. The fraction of sp³-hybridized carbons (Fsp3) is 0.176. The van der Waals surface area contributed by atoms with Crippen LogP contribution in [-0.2, 0) is 0 Å². The molecule has 0 unspecified atom stereocenters. The van der Waals surface area contributed by atoms with Gasteiger partial charge in [-0.2, -0.15) is 5.10 Å². The van der Waals surface area contributed by atoms with Gasteiger partial charge in [-0.05, 0) is 61.1 Å². The van der Waals surface area contributed by atoms with Crippen molar-refractivity contribution in [2.24, 2.45) is 5.10 Å². The van der Waals surface area contributed by atoms with E-state index in [-0.39, 0.29) is 0 Å². The van der Waals surface area contributed by atoms with E-state index in [1.165, 1.54) is 0 Å². The number of thiocarbonyl (C=S) groups is 1. The number of hydrogen-bond acceptors (Lipinski definition) is 4. The highest BCUT2D eigenvalue weighted by molar-refractivity contribution is 7.80. The second-order valence-corrected chi connectivity index (χ2v) is 5.10. The summed E-state index contributed by atoms with van der Waals surface area (Å²) in [5.74, 6) is 1.52. The molecule has 2 aromatic carbocycles. The Hall–Kier alpha value is -2.60. The molecule has 2 rings (SSSR count). The van der Waals surface area contributed by atoms with E-state index in [0.29, 0.717) is 10.9 Å². The fourth-order valence-corrected chi connectivity index (χ4v) is 2.09. The van der Waals surface area contributed by atoms with Crippen LogP contribution >= 0.6 is 12.2 Å². The Balaban J connectivity index is 1.99. The Morgan fingerprint density at radius 3 is 2.35 bits per heavy atom. The third-order valence-electron chi connectivity index (χ3n) is 3.19. The maximum atomic E-state index is 5.27. The molecule has 2 N–H and O–H groups in total. The number of hydrazone groups is 1. The molecule has 6 heteroatoms. The summed E-state index contributed by atoms with van der Waals surface area (Å²) < 4.78 is 10.4. The van der Waals surface area contributed by atoms with Gasteiger partial charge < -0.3 is 14.8 Å². The van der Waals surface area contributed by atoms with Gasteiger partial charge in [-0.3, -0.25) is 5.43 Å². The lowest BCUT2D eigenvalue weighted by atomic mass is 10.1. The number of anilines is 1. The number of nitrogens with one attached hydrogen (secondary N) is 2. The second-order valence-electron chi connectivity index (χ2n) is 4.69. The molecule has 0 aliphatic heterocycles. The molecule has 0 atom stereocenters. The van der Waals surface area contributed by atoms with Crippen molar-refractivity contribution in [2.75, 3.05) is 19.5 Å². The van der Waals surface area contributed by atoms with Crippen molar-refractivity contribution in [1.82, 2.24) is 5.43 Å². The highest BCUT2D eigenvalue weighted by Crippen LogP contribution is 2.22. The Kier molecular flexibility index (Phi) is 5.94. The van der Waals surface area contributed by atoms with Gasteiger partial charge in [-0.15, -0.1) is 0 Å². The third kappa shape index (κ3) is 4.69. The van der Waals surface area contributed by atoms with E-state index in [4.69, 9.17) is 21.7 Å². The molecule has 2 aromatic rings. The molecule has 5 nitrogen and oxygen atoms in total. The summed E-state index contributed by atoms with van der Waals surface area (Å²) in [5, 5.41) is 7.73. The average molecular weight is 329 g/mol. The first kappa shape index (κ1) is 16.8. The predicted molar refractivity (Wildman–Crippen MR) is 97.6 cm³/mol. The standard InChI is InChI=1S/C17H19N3O2S/c1-12(13-8-10-14(21-2)11-9-13)19-20-17(23)18-15-6-4-5-7-16(15)22-3/h4-11H,1-3H3,(H2,18,20,23)/b19-12-. The van der Waals surface area contributed by atoms with Crippen molar-refractivity contribution < 1.29 is 9.47 Å². The zero-order valence-corrected chi connectivity index (χ0v) is 14.1. The van der Waals surface area contributed by atoms with E-state index in [9.17, 15) is 0 Å². The minimum atomic E-state index is 0.391. The first-order chi connectivity index (χ1) is 11.1. The fourth-order valence-electron chi connectivity index (χ4n) is 1.93. The number of benzene rings is 2. The van der Waals surface area contributed by atoms with E-state index in [2.05, 4.69) is 15.8 Å². The first-order valence-corrected chi connectivity index (χ1v) is 7.43. The number of para-hydroxylation sites is 2.